The maximum atomic E-state index is 12.7. The van der Waals surface area contributed by atoms with Crippen molar-refractivity contribution < 1.29 is 14.1 Å². The Morgan fingerprint density at radius 3 is 2.79 bits per heavy atom. The number of aryl methyl sites for hydroxylation is 1. The highest BCUT2D eigenvalue weighted by atomic mass is 16.5. The van der Waals surface area contributed by atoms with E-state index >= 15 is 0 Å². The van der Waals surface area contributed by atoms with Gasteiger partial charge in [0.2, 0.25) is 5.91 Å². The largest absolute Gasteiger partial charge is 0.360 e. The van der Waals surface area contributed by atoms with Crippen molar-refractivity contribution in [2.24, 2.45) is 0 Å². The predicted octanol–water partition coefficient (Wildman–Crippen LogP) is 3.41. The van der Waals surface area contributed by atoms with E-state index in [1.54, 1.807) is 12.3 Å². The quantitative estimate of drug-likeness (QED) is 0.670. The second-order valence-corrected chi connectivity index (χ2v) is 7.48. The van der Waals surface area contributed by atoms with E-state index in [1.807, 2.05) is 25.1 Å². The fourth-order valence-corrected chi connectivity index (χ4v) is 4.13. The number of aromatic nitrogens is 2. The van der Waals surface area contributed by atoms with Gasteiger partial charge >= 0.3 is 0 Å². The van der Waals surface area contributed by atoms with Gasteiger partial charge in [-0.2, -0.15) is 0 Å². The van der Waals surface area contributed by atoms with Gasteiger partial charge in [0, 0.05) is 36.0 Å². The Kier molecular flexibility index (Phi) is 5.60. The van der Waals surface area contributed by atoms with Crippen LogP contribution in [0.25, 0.3) is 0 Å². The number of carbonyl (C=O) groups is 2. The molecule has 0 bridgehead atoms. The molecule has 1 aliphatic rings. The summed E-state index contributed by atoms with van der Waals surface area (Å²) in [7, 11) is 0. The van der Waals surface area contributed by atoms with Crippen LogP contribution in [0.1, 0.15) is 51.5 Å². The van der Waals surface area contributed by atoms with E-state index < -0.39 is 0 Å². The number of fused-ring (bicyclic) bond motifs is 1. The zero-order valence-electron chi connectivity index (χ0n) is 16.6. The summed E-state index contributed by atoms with van der Waals surface area (Å²) in [6, 6.07) is 12.1. The molecule has 3 aromatic rings. The Bertz CT molecular complexity index is 1000. The van der Waals surface area contributed by atoms with Gasteiger partial charge in [-0.25, -0.2) is 0 Å². The number of nitrogens with one attached hydrogen (secondary N) is 1. The smallest absolute Gasteiger partial charge is 0.224 e. The molecule has 0 radical (unpaired) electrons. The van der Waals surface area contributed by atoms with Gasteiger partial charge in [0.05, 0.1) is 19.2 Å². The number of carbonyl (C=O) groups excluding carboxylic acids is 2. The molecular weight excluding hydrogens is 366 g/mol. The number of hydrogen-bond acceptors (Lipinski definition) is 4. The van der Waals surface area contributed by atoms with Crippen molar-refractivity contribution in [1.29, 1.82) is 0 Å². The van der Waals surface area contributed by atoms with Gasteiger partial charge in [0.25, 0.3) is 0 Å². The van der Waals surface area contributed by atoms with Crippen molar-refractivity contribution in [3.63, 3.8) is 0 Å². The first-order chi connectivity index (χ1) is 14.1. The lowest BCUT2D eigenvalue weighted by atomic mass is 9.92. The first kappa shape index (κ1) is 19.2. The van der Waals surface area contributed by atoms with Crippen LogP contribution in [-0.2, 0) is 37.1 Å². The Balaban J connectivity index is 1.55. The minimum absolute atomic E-state index is 0.120. The Labute approximate surface area is 169 Å². The average molecular weight is 391 g/mol. The summed E-state index contributed by atoms with van der Waals surface area (Å²) in [4.78, 5) is 25.3. The van der Waals surface area contributed by atoms with E-state index in [4.69, 9.17) is 4.52 Å². The van der Waals surface area contributed by atoms with Crippen LogP contribution in [0.15, 0.2) is 47.1 Å². The molecule has 0 unspecified atom stereocenters. The summed E-state index contributed by atoms with van der Waals surface area (Å²) in [6.07, 6.45) is 4.96. The van der Waals surface area contributed by atoms with Crippen LogP contribution in [0.3, 0.4) is 0 Å². The van der Waals surface area contributed by atoms with Crippen molar-refractivity contribution in [3.8, 4) is 0 Å². The maximum absolute atomic E-state index is 12.7. The number of ketones is 1. The highest BCUT2D eigenvalue weighted by molar-refractivity contribution is 6.01. The van der Waals surface area contributed by atoms with Crippen molar-refractivity contribution >= 4 is 11.7 Å². The number of nitrogens with zero attached hydrogens (tertiary/aromatic N) is 2. The molecular formula is C23H25N3O3. The first-order valence-corrected chi connectivity index (χ1v) is 10.1. The van der Waals surface area contributed by atoms with Crippen molar-refractivity contribution in [3.05, 3.63) is 76.4 Å². The lowest BCUT2D eigenvalue weighted by molar-refractivity contribution is -0.120. The highest BCUT2D eigenvalue weighted by Crippen LogP contribution is 2.30. The van der Waals surface area contributed by atoms with Gasteiger partial charge in [0.1, 0.15) is 0 Å². The predicted molar refractivity (Wildman–Crippen MR) is 109 cm³/mol. The monoisotopic (exact) mass is 391 g/mol. The Morgan fingerprint density at radius 1 is 1.21 bits per heavy atom. The lowest BCUT2D eigenvalue weighted by Crippen LogP contribution is -2.25. The second-order valence-electron chi connectivity index (χ2n) is 7.48. The molecule has 0 saturated heterocycles. The van der Waals surface area contributed by atoms with Crippen molar-refractivity contribution in [2.45, 2.75) is 52.1 Å². The molecule has 0 atom stereocenters. The minimum atomic E-state index is -0.120. The molecule has 1 aliphatic carbocycles. The molecule has 2 heterocycles. The standard InChI is InChI=1S/C23H25N3O3/c1-16-19(14-22(28)24-15-18-10-12-25-29-18)23-20(8-5-9-21(23)27)26(16)13-11-17-6-3-2-4-7-17/h2-4,6-7,10,12H,5,8-9,11,13-15H2,1H3,(H,24,28). The van der Waals surface area contributed by atoms with Crippen LogP contribution in [0.5, 0.6) is 0 Å². The van der Waals surface area contributed by atoms with Gasteiger partial charge in [-0.1, -0.05) is 35.5 Å². The molecule has 0 fully saturated rings. The molecule has 29 heavy (non-hydrogen) atoms. The molecule has 6 nitrogen and oxygen atoms in total. The molecule has 1 N–H and O–H groups in total. The van der Waals surface area contributed by atoms with Crippen LogP contribution >= 0.6 is 0 Å². The lowest BCUT2D eigenvalue weighted by Gasteiger charge is -2.16. The molecule has 1 amide bonds. The number of amides is 1. The molecule has 6 heteroatoms. The van der Waals surface area contributed by atoms with Crippen LogP contribution in [-0.4, -0.2) is 21.4 Å². The summed E-state index contributed by atoms with van der Waals surface area (Å²) in [5, 5.41) is 6.50. The fraction of sp³-hybridized carbons (Fsp3) is 0.348. The van der Waals surface area contributed by atoms with Crippen LogP contribution in [0.4, 0.5) is 0 Å². The Hall–Kier alpha value is -3.15. The van der Waals surface area contributed by atoms with E-state index in [9.17, 15) is 9.59 Å². The molecule has 0 aliphatic heterocycles. The zero-order chi connectivity index (χ0) is 20.2. The normalized spacial score (nSPS) is 13.3. The van der Waals surface area contributed by atoms with Crippen LogP contribution < -0.4 is 5.32 Å². The molecule has 150 valence electrons. The van der Waals surface area contributed by atoms with E-state index in [0.29, 0.717) is 18.7 Å². The summed E-state index contributed by atoms with van der Waals surface area (Å²) >= 11 is 0. The van der Waals surface area contributed by atoms with Gasteiger partial charge < -0.3 is 14.4 Å². The minimum Gasteiger partial charge on any atom is -0.360 e. The number of hydrogen-bond donors (Lipinski definition) is 1. The molecule has 0 saturated carbocycles. The zero-order valence-corrected chi connectivity index (χ0v) is 16.6. The summed E-state index contributed by atoms with van der Waals surface area (Å²) < 4.78 is 7.27. The number of Topliss-reactive ketones (excluding diaryl/α,β-unsaturated/α-hetero) is 1. The molecule has 0 spiro atoms. The van der Waals surface area contributed by atoms with Gasteiger partial charge in [-0.05, 0) is 37.3 Å². The maximum Gasteiger partial charge on any atom is 0.224 e. The molecule has 1 aromatic carbocycles. The number of benzene rings is 1. The van der Waals surface area contributed by atoms with Gasteiger partial charge in [0.15, 0.2) is 11.5 Å². The topological polar surface area (TPSA) is 77.1 Å². The average Bonchev–Trinajstić information content (AvgIpc) is 3.34. The third-order valence-electron chi connectivity index (χ3n) is 5.61. The van der Waals surface area contributed by atoms with E-state index in [1.165, 1.54) is 5.56 Å². The van der Waals surface area contributed by atoms with E-state index in [2.05, 4.69) is 27.2 Å². The molecule has 4 rings (SSSR count). The Morgan fingerprint density at radius 2 is 2.03 bits per heavy atom. The van der Waals surface area contributed by atoms with Crippen LogP contribution in [0.2, 0.25) is 0 Å². The third-order valence-corrected chi connectivity index (χ3v) is 5.61. The van der Waals surface area contributed by atoms with E-state index in [-0.39, 0.29) is 18.1 Å². The van der Waals surface area contributed by atoms with E-state index in [0.717, 1.165) is 48.3 Å². The third kappa shape index (κ3) is 4.16. The van der Waals surface area contributed by atoms with Crippen LogP contribution in [0, 0.1) is 6.92 Å². The summed E-state index contributed by atoms with van der Waals surface area (Å²) in [5.41, 5.74) is 5.02. The first-order valence-electron chi connectivity index (χ1n) is 10.1. The number of rotatable bonds is 7. The fourth-order valence-electron chi connectivity index (χ4n) is 4.13. The summed E-state index contributed by atoms with van der Waals surface area (Å²) in [5.74, 6) is 0.644. The van der Waals surface area contributed by atoms with Crippen molar-refractivity contribution in [1.82, 2.24) is 15.0 Å². The highest BCUT2D eigenvalue weighted by Gasteiger charge is 2.28. The van der Waals surface area contributed by atoms with Crippen molar-refractivity contribution in [2.75, 3.05) is 0 Å². The second kappa shape index (κ2) is 8.47. The van der Waals surface area contributed by atoms with Gasteiger partial charge in [-0.3, -0.25) is 9.59 Å². The summed E-state index contributed by atoms with van der Waals surface area (Å²) in [6.45, 7) is 3.13. The van der Waals surface area contributed by atoms with Gasteiger partial charge in [-0.15, -0.1) is 0 Å². The SMILES string of the molecule is Cc1c(CC(=O)NCc2ccno2)c2c(n1CCc1ccccc1)CCCC2=O. The molecule has 2 aromatic heterocycles.